The lowest BCUT2D eigenvalue weighted by Gasteiger charge is -2.03. The van der Waals surface area contributed by atoms with Gasteiger partial charge in [0, 0.05) is 19.1 Å². The summed E-state index contributed by atoms with van der Waals surface area (Å²) in [6.07, 6.45) is 0.560. The van der Waals surface area contributed by atoms with E-state index in [1.54, 1.807) is 13.2 Å². The van der Waals surface area contributed by atoms with E-state index in [-0.39, 0.29) is 11.8 Å². The van der Waals surface area contributed by atoms with Gasteiger partial charge in [0.1, 0.15) is 5.82 Å². The van der Waals surface area contributed by atoms with Gasteiger partial charge in [0.05, 0.1) is 11.8 Å². The molecule has 1 unspecified atom stereocenters. The number of hydrogen-bond acceptors (Lipinski definition) is 5. The summed E-state index contributed by atoms with van der Waals surface area (Å²) in [6.45, 7) is 1.91. The van der Waals surface area contributed by atoms with Crippen LogP contribution in [0.5, 0.6) is 0 Å². The molecule has 96 valence electrons. The summed E-state index contributed by atoms with van der Waals surface area (Å²) in [5, 5.41) is 3.83. The first-order valence-electron chi connectivity index (χ1n) is 5.51. The predicted molar refractivity (Wildman–Crippen MR) is 64.3 cm³/mol. The summed E-state index contributed by atoms with van der Waals surface area (Å²) in [5.41, 5.74) is 6.13. The van der Waals surface area contributed by atoms with Crippen LogP contribution in [0.2, 0.25) is 0 Å². The molecule has 1 aromatic heterocycles. The highest BCUT2D eigenvalue weighted by atomic mass is 19.1. The second-order valence-electron chi connectivity index (χ2n) is 4.00. The third kappa shape index (κ3) is 2.65. The number of aromatic nitrogens is 2. The van der Waals surface area contributed by atoms with Crippen molar-refractivity contribution < 1.29 is 13.7 Å². The number of ether oxygens (including phenoxy) is 1. The fourth-order valence-electron chi connectivity index (χ4n) is 1.47. The van der Waals surface area contributed by atoms with Gasteiger partial charge >= 0.3 is 0 Å². The summed E-state index contributed by atoms with van der Waals surface area (Å²) in [7, 11) is 1.62. The minimum atomic E-state index is -0.466. The van der Waals surface area contributed by atoms with Crippen LogP contribution in [0.4, 0.5) is 10.1 Å². The number of methoxy groups -OCH3 is 1. The highest BCUT2D eigenvalue weighted by Gasteiger charge is 2.12. The Kier molecular flexibility index (Phi) is 3.57. The monoisotopic (exact) mass is 251 g/mol. The van der Waals surface area contributed by atoms with Crippen LogP contribution >= 0.6 is 0 Å². The maximum atomic E-state index is 13.0. The van der Waals surface area contributed by atoms with Crippen molar-refractivity contribution in [2.45, 2.75) is 19.4 Å². The van der Waals surface area contributed by atoms with E-state index in [1.165, 1.54) is 12.1 Å². The molecule has 1 aromatic carbocycles. The van der Waals surface area contributed by atoms with E-state index in [0.29, 0.717) is 23.7 Å². The van der Waals surface area contributed by atoms with Gasteiger partial charge in [-0.25, -0.2) is 4.39 Å². The van der Waals surface area contributed by atoms with E-state index in [2.05, 4.69) is 10.1 Å². The average Bonchev–Trinajstić information content (AvgIpc) is 2.81. The molecular weight excluding hydrogens is 237 g/mol. The van der Waals surface area contributed by atoms with E-state index in [0.717, 1.165) is 0 Å². The fourth-order valence-corrected chi connectivity index (χ4v) is 1.47. The van der Waals surface area contributed by atoms with Crippen LogP contribution in [0.1, 0.15) is 12.7 Å². The lowest BCUT2D eigenvalue weighted by molar-refractivity contribution is 0.116. The van der Waals surface area contributed by atoms with Gasteiger partial charge in [-0.2, -0.15) is 4.98 Å². The minimum absolute atomic E-state index is 0.00809. The molecule has 5 nitrogen and oxygen atoms in total. The number of rotatable bonds is 4. The van der Waals surface area contributed by atoms with Crippen molar-refractivity contribution in [1.82, 2.24) is 10.1 Å². The summed E-state index contributed by atoms with van der Waals surface area (Å²) >= 11 is 0. The Balaban J connectivity index is 2.21. The first kappa shape index (κ1) is 12.5. The van der Waals surface area contributed by atoms with Crippen LogP contribution in [-0.4, -0.2) is 23.4 Å². The molecule has 0 amide bonds. The normalized spacial score (nSPS) is 12.6. The van der Waals surface area contributed by atoms with Crippen molar-refractivity contribution in [1.29, 1.82) is 0 Å². The van der Waals surface area contributed by atoms with E-state index in [4.69, 9.17) is 15.0 Å². The van der Waals surface area contributed by atoms with E-state index in [1.807, 2.05) is 6.92 Å². The summed E-state index contributed by atoms with van der Waals surface area (Å²) < 4.78 is 23.2. The van der Waals surface area contributed by atoms with Crippen LogP contribution < -0.4 is 5.73 Å². The highest BCUT2D eigenvalue weighted by molar-refractivity contribution is 5.60. The standard InChI is InChI=1S/C12H14FN3O2/c1-7(17-2)5-11-15-12(18-16-11)8-3-4-9(13)10(14)6-8/h3-4,6-7H,5,14H2,1-2H3. The van der Waals surface area contributed by atoms with Gasteiger partial charge in [0.15, 0.2) is 5.82 Å². The Bertz CT molecular complexity index is 542. The molecule has 0 radical (unpaired) electrons. The molecule has 0 aliphatic heterocycles. The van der Waals surface area contributed by atoms with Gasteiger partial charge in [-0.1, -0.05) is 5.16 Å². The van der Waals surface area contributed by atoms with Gasteiger partial charge in [0.25, 0.3) is 5.89 Å². The second-order valence-corrected chi connectivity index (χ2v) is 4.00. The Labute approximate surface area is 104 Å². The van der Waals surface area contributed by atoms with Crippen molar-refractivity contribution in [2.24, 2.45) is 0 Å². The number of benzene rings is 1. The molecule has 0 aliphatic carbocycles. The molecule has 0 saturated carbocycles. The lowest BCUT2D eigenvalue weighted by Crippen LogP contribution is -2.09. The molecule has 0 saturated heterocycles. The molecule has 18 heavy (non-hydrogen) atoms. The van der Waals surface area contributed by atoms with Crippen LogP contribution in [0.25, 0.3) is 11.5 Å². The maximum Gasteiger partial charge on any atom is 0.257 e. The SMILES string of the molecule is COC(C)Cc1noc(-c2ccc(F)c(N)c2)n1. The second kappa shape index (κ2) is 5.14. The molecule has 2 aromatic rings. The number of anilines is 1. The van der Waals surface area contributed by atoms with Gasteiger partial charge in [0.2, 0.25) is 0 Å². The van der Waals surface area contributed by atoms with Gasteiger partial charge in [-0.05, 0) is 25.1 Å². The number of nitrogens with zero attached hydrogens (tertiary/aromatic N) is 2. The average molecular weight is 251 g/mol. The Morgan fingerprint density at radius 1 is 1.50 bits per heavy atom. The lowest BCUT2D eigenvalue weighted by atomic mass is 10.2. The summed E-state index contributed by atoms with van der Waals surface area (Å²) in [5.74, 6) is 0.397. The molecule has 2 rings (SSSR count). The molecule has 0 aliphatic rings. The Morgan fingerprint density at radius 3 is 2.94 bits per heavy atom. The molecule has 0 bridgehead atoms. The fraction of sp³-hybridized carbons (Fsp3) is 0.333. The van der Waals surface area contributed by atoms with E-state index < -0.39 is 5.82 Å². The Hall–Kier alpha value is -1.95. The van der Waals surface area contributed by atoms with Crippen LogP contribution in [0.3, 0.4) is 0 Å². The zero-order chi connectivity index (χ0) is 13.1. The molecule has 6 heteroatoms. The first-order chi connectivity index (χ1) is 8.60. The zero-order valence-electron chi connectivity index (χ0n) is 10.2. The third-order valence-corrected chi connectivity index (χ3v) is 2.58. The van der Waals surface area contributed by atoms with Crippen LogP contribution in [0, 0.1) is 5.82 Å². The van der Waals surface area contributed by atoms with Crippen molar-refractivity contribution in [3.63, 3.8) is 0 Å². The predicted octanol–water partition coefficient (Wildman–Crippen LogP) is 2.04. The van der Waals surface area contributed by atoms with Crippen LogP contribution in [0.15, 0.2) is 22.7 Å². The largest absolute Gasteiger partial charge is 0.396 e. The molecule has 1 atom stereocenters. The van der Waals surface area contributed by atoms with Gasteiger partial charge < -0.3 is 15.0 Å². The van der Waals surface area contributed by atoms with Crippen molar-refractivity contribution in [3.05, 3.63) is 29.8 Å². The highest BCUT2D eigenvalue weighted by Crippen LogP contribution is 2.22. The molecule has 0 spiro atoms. The summed E-state index contributed by atoms with van der Waals surface area (Å²) in [6, 6.07) is 4.28. The topological polar surface area (TPSA) is 74.2 Å². The molecule has 1 heterocycles. The van der Waals surface area contributed by atoms with E-state index >= 15 is 0 Å². The van der Waals surface area contributed by atoms with Gasteiger partial charge in [-0.3, -0.25) is 0 Å². The van der Waals surface area contributed by atoms with Crippen LogP contribution in [-0.2, 0) is 11.2 Å². The zero-order valence-corrected chi connectivity index (χ0v) is 10.2. The number of halogens is 1. The first-order valence-corrected chi connectivity index (χ1v) is 5.51. The smallest absolute Gasteiger partial charge is 0.257 e. The third-order valence-electron chi connectivity index (χ3n) is 2.58. The Morgan fingerprint density at radius 2 is 2.28 bits per heavy atom. The number of nitrogens with two attached hydrogens (primary N) is 1. The molecule has 2 N–H and O–H groups in total. The van der Waals surface area contributed by atoms with Gasteiger partial charge in [-0.15, -0.1) is 0 Å². The number of hydrogen-bond donors (Lipinski definition) is 1. The summed E-state index contributed by atoms with van der Waals surface area (Å²) in [4.78, 5) is 4.20. The van der Waals surface area contributed by atoms with Crippen molar-refractivity contribution in [2.75, 3.05) is 12.8 Å². The molecule has 0 fully saturated rings. The van der Waals surface area contributed by atoms with Crippen molar-refractivity contribution in [3.8, 4) is 11.5 Å². The quantitative estimate of drug-likeness (QED) is 0.841. The molecular formula is C12H14FN3O2. The number of nitrogen functional groups attached to an aromatic ring is 1. The maximum absolute atomic E-state index is 13.0. The van der Waals surface area contributed by atoms with E-state index in [9.17, 15) is 4.39 Å². The minimum Gasteiger partial charge on any atom is -0.396 e. The van der Waals surface area contributed by atoms with Crippen molar-refractivity contribution >= 4 is 5.69 Å².